The summed E-state index contributed by atoms with van der Waals surface area (Å²) < 4.78 is 29.4. The number of hydrogen-bond donors (Lipinski definition) is 2. The van der Waals surface area contributed by atoms with E-state index in [9.17, 15) is 8.42 Å². The van der Waals surface area contributed by atoms with Crippen molar-refractivity contribution in [3.63, 3.8) is 0 Å². The van der Waals surface area contributed by atoms with Crippen LogP contribution in [0, 0.1) is 5.92 Å². The Kier molecular flexibility index (Phi) is 6.44. The van der Waals surface area contributed by atoms with Crippen molar-refractivity contribution >= 4 is 10.2 Å². The van der Waals surface area contributed by atoms with Crippen molar-refractivity contribution in [1.29, 1.82) is 0 Å². The van der Waals surface area contributed by atoms with Crippen LogP contribution in [0.25, 0.3) is 0 Å². The predicted molar refractivity (Wildman–Crippen MR) is 83.9 cm³/mol. The minimum Gasteiger partial charge on any atom is -0.315 e. The molecular formula is C14H31N3O2S. The van der Waals surface area contributed by atoms with Gasteiger partial charge in [-0.15, -0.1) is 0 Å². The highest BCUT2D eigenvalue weighted by atomic mass is 32.2. The number of hydrogen-bond acceptors (Lipinski definition) is 3. The van der Waals surface area contributed by atoms with Gasteiger partial charge >= 0.3 is 0 Å². The van der Waals surface area contributed by atoms with Gasteiger partial charge in [0, 0.05) is 24.7 Å². The molecule has 120 valence electrons. The van der Waals surface area contributed by atoms with Gasteiger partial charge in [-0.2, -0.15) is 17.4 Å². The Labute approximate surface area is 124 Å². The standard InChI is InChI=1S/C14H31N3O2S/c1-12(2)10-15-11-13-8-6-7-9-17(13)20(18,19)16-14(3,4)5/h12-13,15-16H,6-11H2,1-5H3. The zero-order valence-electron chi connectivity index (χ0n) is 13.6. The molecule has 1 unspecified atom stereocenters. The van der Waals surface area contributed by atoms with Gasteiger partial charge in [-0.25, -0.2) is 0 Å². The lowest BCUT2D eigenvalue weighted by Crippen LogP contribution is -2.56. The maximum atomic E-state index is 12.5. The van der Waals surface area contributed by atoms with Crippen molar-refractivity contribution in [2.75, 3.05) is 19.6 Å². The van der Waals surface area contributed by atoms with E-state index in [-0.39, 0.29) is 6.04 Å². The van der Waals surface area contributed by atoms with Crippen LogP contribution in [-0.4, -0.2) is 43.9 Å². The fraction of sp³-hybridized carbons (Fsp3) is 1.00. The lowest BCUT2D eigenvalue weighted by Gasteiger charge is -2.36. The van der Waals surface area contributed by atoms with E-state index in [4.69, 9.17) is 0 Å². The lowest BCUT2D eigenvalue weighted by molar-refractivity contribution is 0.238. The van der Waals surface area contributed by atoms with E-state index >= 15 is 0 Å². The molecule has 0 aromatic rings. The van der Waals surface area contributed by atoms with E-state index < -0.39 is 15.7 Å². The van der Waals surface area contributed by atoms with Crippen molar-refractivity contribution in [2.24, 2.45) is 5.92 Å². The Morgan fingerprint density at radius 3 is 2.45 bits per heavy atom. The topological polar surface area (TPSA) is 61.4 Å². The van der Waals surface area contributed by atoms with Gasteiger partial charge < -0.3 is 5.32 Å². The predicted octanol–water partition coefficient (Wildman–Crippen LogP) is 1.72. The second-order valence-electron chi connectivity index (χ2n) is 7.17. The van der Waals surface area contributed by atoms with Crippen LogP contribution in [0.5, 0.6) is 0 Å². The zero-order chi connectivity index (χ0) is 15.4. The first-order chi connectivity index (χ1) is 9.12. The van der Waals surface area contributed by atoms with Crippen LogP contribution >= 0.6 is 0 Å². The summed E-state index contributed by atoms with van der Waals surface area (Å²) in [5.74, 6) is 0.580. The highest BCUT2D eigenvalue weighted by molar-refractivity contribution is 7.87. The van der Waals surface area contributed by atoms with E-state index in [0.29, 0.717) is 12.5 Å². The molecule has 0 spiro atoms. The Morgan fingerprint density at radius 2 is 1.90 bits per heavy atom. The molecule has 1 atom stereocenters. The normalized spacial score (nSPS) is 22.4. The molecular weight excluding hydrogens is 274 g/mol. The molecule has 20 heavy (non-hydrogen) atoms. The van der Waals surface area contributed by atoms with Gasteiger partial charge in [0.25, 0.3) is 10.2 Å². The second kappa shape index (κ2) is 7.20. The Bertz CT molecular complexity index is 388. The van der Waals surface area contributed by atoms with E-state index in [1.165, 1.54) is 0 Å². The first kappa shape index (κ1) is 17.9. The fourth-order valence-corrected chi connectivity index (χ4v) is 4.31. The second-order valence-corrected chi connectivity index (χ2v) is 8.79. The summed E-state index contributed by atoms with van der Waals surface area (Å²) in [7, 11) is -3.40. The van der Waals surface area contributed by atoms with E-state index in [1.54, 1.807) is 4.31 Å². The van der Waals surface area contributed by atoms with Crippen LogP contribution in [0.2, 0.25) is 0 Å². The summed E-state index contributed by atoms with van der Waals surface area (Å²) in [6, 6.07) is 0.0716. The summed E-state index contributed by atoms with van der Waals surface area (Å²) in [6.07, 6.45) is 3.00. The summed E-state index contributed by atoms with van der Waals surface area (Å²) in [6.45, 7) is 12.2. The number of nitrogens with one attached hydrogen (secondary N) is 2. The molecule has 1 rings (SSSR count). The van der Waals surface area contributed by atoms with E-state index in [0.717, 1.165) is 32.4 Å². The van der Waals surface area contributed by atoms with Crippen LogP contribution < -0.4 is 10.0 Å². The molecule has 6 heteroatoms. The van der Waals surface area contributed by atoms with E-state index in [2.05, 4.69) is 23.9 Å². The highest BCUT2D eigenvalue weighted by Crippen LogP contribution is 2.20. The van der Waals surface area contributed by atoms with Crippen molar-refractivity contribution in [2.45, 2.75) is 65.5 Å². The Balaban J connectivity index is 2.68. The zero-order valence-corrected chi connectivity index (χ0v) is 14.4. The van der Waals surface area contributed by atoms with Crippen molar-refractivity contribution in [1.82, 2.24) is 14.3 Å². The average molecular weight is 305 g/mol. The molecule has 0 bridgehead atoms. The smallest absolute Gasteiger partial charge is 0.280 e. The van der Waals surface area contributed by atoms with Gasteiger partial charge in [0.15, 0.2) is 0 Å². The fourth-order valence-electron chi connectivity index (χ4n) is 2.48. The molecule has 0 amide bonds. The minimum atomic E-state index is -3.40. The molecule has 2 N–H and O–H groups in total. The summed E-state index contributed by atoms with van der Waals surface area (Å²) in [4.78, 5) is 0. The van der Waals surface area contributed by atoms with Gasteiger partial charge in [0.2, 0.25) is 0 Å². The SMILES string of the molecule is CC(C)CNCC1CCCCN1S(=O)(=O)NC(C)(C)C. The first-order valence-electron chi connectivity index (χ1n) is 7.63. The monoisotopic (exact) mass is 305 g/mol. The van der Waals surface area contributed by atoms with Crippen LogP contribution in [0.15, 0.2) is 0 Å². The average Bonchev–Trinajstić information content (AvgIpc) is 2.25. The Hall–Kier alpha value is -0.170. The molecule has 1 aliphatic rings. The van der Waals surface area contributed by atoms with Gasteiger partial charge in [0.1, 0.15) is 0 Å². The van der Waals surface area contributed by atoms with Crippen LogP contribution in [0.4, 0.5) is 0 Å². The van der Waals surface area contributed by atoms with Crippen molar-refractivity contribution in [3.8, 4) is 0 Å². The molecule has 1 saturated heterocycles. The molecule has 0 radical (unpaired) electrons. The summed E-state index contributed by atoms with van der Waals surface area (Å²) in [5, 5.41) is 3.39. The molecule has 1 fully saturated rings. The van der Waals surface area contributed by atoms with Crippen molar-refractivity contribution < 1.29 is 8.42 Å². The third-order valence-corrected chi connectivity index (χ3v) is 5.22. The minimum absolute atomic E-state index is 0.0716. The van der Waals surface area contributed by atoms with Crippen LogP contribution in [0.1, 0.15) is 53.9 Å². The molecule has 0 aromatic heterocycles. The maximum absolute atomic E-state index is 12.5. The number of piperidine rings is 1. The maximum Gasteiger partial charge on any atom is 0.280 e. The van der Waals surface area contributed by atoms with E-state index in [1.807, 2.05) is 20.8 Å². The third kappa shape index (κ3) is 6.08. The Morgan fingerprint density at radius 1 is 1.25 bits per heavy atom. The summed E-state index contributed by atoms with van der Waals surface area (Å²) in [5.41, 5.74) is -0.438. The molecule has 0 saturated carbocycles. The van der Waals surface area contributed by atoms with Gasteiger partial charge in [-0.05, 0) is 46.1 Å². The number of rotatable bonds is 6. The molecule has 1 aliphatic heterocycles. The number of nitrogens with zero attached hydrogens (tertiary/aromatic N) is 1. The third-order valence-electron chi connectivity index (χ3n) is 3.25. The van der Waals surface area contributed by atoms with Crippen LogP contribution in [-0.2, 0) is 10.2 Å². The first-order valence-corrected chi connectivity index (χ1v) is 9.07. The van der Waals surface area contributed by atoms with Gasteiger partial charge in [-0.1, -0.05) is 20.3 Å². The molecule has 0 aromatic carbocycles. The van der Waals surface area contributed by atoms with Gasteiger partial charge in [-0.3, -0.25) is 0 Å². The molecule has 5 nitrogen and oxygen atoms in total. The summed E-state index contributed by atoms with van der Waals surface area (Å²) >= 11 is 0. The highest BCUT2D eigenvalue weighted by Gasteiger charge is 2.34. The molecule has 0 aliphatic carbocycles. The van der Waals surface area contributed by atoms with Gasteiger partial charge in [0.05, 0.1) is 0 Å². The quantitative estimate of drug-likeness (QED) is 0.785. The van der Waals surface area contributed by atoms with Crippen molar-refractivity contribution in [3.05, 3.63) is 0 Å². The largest absolute Gasteiger partial charge is 0.315 e. The van der Waals surface area contributed by atoms with Crippen LogP contribution in [0.3, 0.4) is 0 Å². The molecule has 1 heterocycles. The lowest BCUT2D eigenvalue weighted by atomic mass is 10.0.